The van der Waals surface area contributed by atoms with E-state index in [2.05, 4.69) is 18.7 Å². The molecular formula is C11H22FN. The Labute approximate surface area is 81.3 Å². The van der Waals surface area contributed by atoms with Crippen molar-refractivity contribution in [1.29, 1.82) is 0 Å². The van der Waals surface area contributed by atoms with Crippen LogP contribution in [0.4, 0.5) is 4.39 Å². The summed E-state index contributed by atoms with van der Waals surface area (Å²) in [5.74, 6) is 0.147. The lowest BCUT2D eigenvalue weighted by molar-refractivity contribution is -0.00374. The molecule has 13 heavy (non-hydrogen) atoms. The van der Waals surface area contributed by atoms with Crippen molar-refractivity contribution in [1.82, 2.24) is 4.90 Å². The first kappa shape index (κ1) is 11.0. The molecule has 1 aliphatic rings. The summed E-state index contributed by atoms with van der Waals surface area (Å²) in [5.41, 5.74) is -0.942. The molecule has 1 heterocycles. The summed E-state index contributed by atoms with van der Waals surface area (Å²) >= 11 is 0. The molecule has 1 unspecified atom stereocenters. The van der Waals surface area contributed by atoms with Crippen LogP contribution in [0.1, 0.15) is 40.5 Å². The second-order valence-corrected chi connectivity index (χ2v) is 4.86. The van der Waals surface area contributed by atoms with Crippen LogP contribution in [0, 0.1) is 5.92 Å². The molecule has 0 amide bonds. The molecule has 0 radical (unpaired) electrons. The average molecular weight is 187 g/mol. The first-order valence-electron chi connectivity index (χ1n) is 5.38. The summed E-state index contributed by atoms with van der Waals surface area (Å²) in [4.78, 5) is 2.25. The minimum absolute atomic E-state index is 0.147. The van der Waals surface area contributed by atoms with Crippen LogP contribution >= 0.6 is 0 Å². The molecule has 0 spiro atoms. The zero-order valence-corrected chi connectivity index (χ0v) is 9.31. The maximum Gasteiger partial charge on any atom is 0.126 e. The van der Waals surface area contributed by atoms with Gasteiger partial charge in [-0.2, -0.15) is 0 Å². The van der Waals surface area contributed by atoms with Gasteiger partial charge in [-0.15, -0.1) is 0 Å². The Balaban J connectivity index is 2.60. The molecule has 2 heteroatoms. The van der Waals surface area contributed by atoms with Gasteiger partial charge in [-0.1, -0.05) is 13.8 Å². The largest absolute Gasteiger partial charge is 0.298 e. The summed E-state index contributed by atoms with van der Waals surface area (Å²) in [5, 5.41) is 0. The van der Waals surface area contributed by atoms with Crippen molar-refractivity contribution in [3.63, 3.8) is 0 Å². The summed E-state index contributed by atoms with van der Waals surface area (Å²) in [7, 11) is 0. The lowest BCUT2D eigenvalue weighted by Crippen LogP contribution is -2.50. The highest BCUT2D eigenvalue weighted by Crippen LogP contribution is 2.32. The Morgan fingerprint density at radius 3 is 2.31 bits per heavy atom. The first-order valence-corrected chi connectivity index (χ1v) is 5.38. The number of piperidine rings is 1. The van der Waals surface area contributed by atoms with E-state index in [-0.39, 0.29) is 5.92 Å². The van der Waals surface area contributed by atoms with Crippen LogP contribution in [0.2, 0.25) is 0 Å². The summed E-state index contributed by atoms with van der Waals surface area (Å²) in [6.45, 7) is 9.96. The second kappa shape index (κ2) is 3.95. The predicted octanol–water partition coefficient (Wildman–Crippen LogP) is 2.85. The van der Waals surface area contributed by atoms with Crippen molar-refractivity contribution in [3.8, 4) is 0 Å². The molecule has 0 aromatic rings. The van der Waals surface area contributed by atoms with Crippen molar-refractivity contribution in [2.45, 2.75) is 52.2 Å². The molecule has 0 aromatic heterocycles. The van der Waals surface area contributed by atoms with E-state index in [0.29, 0.717) is 12.6 Å². The number of likely N-dealkylation sites (tertiary alicyclic amines) is 1. The smallest absolute Gasteiger partial charge is 0.126 e. The normalized spacial score (nSPS) is 31.6. The molecule has 0 aliphatic carbocycles. The van der Waals surface area contributed by atoms with Crippen LogP contribution in [0.5, 0.6) is 0 Å². The van der Waals surface area contributed by atoms with Crippen LogP contribution in [0.3, 0.4) is 0 Å². The molecule has 1 aliphatic heterocycles. The molecule has 0 saturated carbocycles. The summed E-state index contributed by atoms with van der Waals surface area (Å²) in [6.07, 6.45) is 1.75. The third-order valence-electron chi connectivity index (χ3n) is 3.27. The van der Waals surface area contributed by atoms with Gasteiger partial charge in [0.15, 0.2) is 0 Å². The van der Waals surface area contributed by atoms with E-state index in [1.54, 1.807) is 0 Å². The number of hydrogen-bond acceptors (Lipinski definition) is 1. The maximum atomic E-state index is 14.3. The highest BCUT2D eigenvalue weighted by Gasteiger charge is 2.38. The molecule has 78 valence electrons. The van der Waals surface area contributed by atoms with Crippen LogP contribution in [0.25, 0.3) is 0 Å². The molecule has 0 N–H and O–H groups in total. The van der Waals surface area contributed by atoms with Crippen LogP contribution in [0.15, 0.2) is 0 Å². The van der Waals surface area contributed by atoms with Gasteiger partial charge in [-0.05, 0) is 39.2 Å². The molecule has 0 bridgehead atoms. The van der Waals surface area contributed by atoms with Gasteiger partial charge >= 0.3 is 0 Å². The molecule has 1 nitrogen and oxygen atoms in total. The zero-order valence-electron chi connectivity index (χ0n) is 9.31. The standard InChI is InChI=1S/C11H22FN/c1-9(2)11(12)6-5-7-13(8-11)10(3)4/h9-10H,5-8H2,1-4H3. The van der Waals surface area contributed by atoms with Gasteiger partial charge in [0.1, 0.15) is 5.67 Å². The SMILES string of the molecule is CC(C)N1CCCC(F)(C(C)C)C1. The average Bonchev–Trinajstić information content (AvgIpc) is 2.04. The van der Waals surface area contributed by atoms with E-state index in [0.717, 1.165) is 19.4 Å². The summed E-state index contributed by atoms with van der Waals surface area (Å²) < 4.78 is 14.3. The Morgan fingerprint density at radius 1 is 1.23 bits per heavy atom. The Kier molecular flexibility index (Phi) is 3.33. The van der Waals surface area contributed by atoms with E-state index >= 15 is 0 Å². The number of hydrogen-bond donors (Lipinski definition) is 0. The fourth-order valence-corrected chi connectivity index (χ4v) is 1.98. The third-order valence-corrected chi connectivity index (χ3v) is 3.27. The minimum Gasteiger partial charge on any atom is -0.298 e. The van der Waals surface area contributed by atoms with Crippen molar-refractivity contribution >= 4 is 0 Å². The minimum atomic E-state index is -0.942. The highest BCUT2D eigenvalue weighted by atomic mass is 19.1. The zero-order chi connectivity index (χ0) is 10.1. The van der Waals surface area contributed by atoms with Crippen molar-refractivity contribution in [2.24, 2.45) is 5.92 Å². The van der Waals surface area contributed by atoms with Gasteiger partial charge in [-0.25, -0.2) is 4.39 Å². The number of nitrogens with zero attached hydrogens (tertiary/aromatic N) is 1. The van der Waals surface area contributed by atoms with E-state index < -0.39 is 5.67 Å². The highest BCUT2D eigenvalue weighted by molar-refractivity contribution is 4.90. The van der Waals surface area contributed by atoms with E-state index in [1.165, 1.54) is 0 Å². The molecule has 1 saturated heterocycles. The lowest BCUT2D eigenvalue weighted by atomic mass is 9.84. The van der Waals surface area contributed by atoms with Crippen molar-refractivity contribution in [3.05, 3.63) is 0 Å². The van der Waals surface area contributed by atoms with Gasteiger partial charge < -0.3 is 0 Å². The molecule has 0 aromatic carbocycles. The third kappa shape index (κ3) is 2.43. The number of alkyl halides is 1. The van der Waals surface area contributed by atoms with E-state index in [4.69, 9.17) is 0 Å². The van der Waals surface area contributed by atoms with E-state index in [9.17, 15) is 4.39 Å². The van der Waals surface area contributed by atoms with E-state index in [1.807, 2.05) is 13.8 Å². The Bertz CT molecular complexity index is 167. The Hall–Kier alpha value is -0.110. The molecule has 1 fully saturated rings. The van der Waals surface area contributed by atoms with Crippen LogP contribution in [-0.4, -0.2) is 29.7 Å². The van der Waals surface area contributed by atoms with Gasteiger partial charge in [0, 0.05) is 12.6 Å². The first-order chi connectivity index (χ1) is 5.96. The van der Waals surface area contributed by atoms with Crippen LogP contribution in [-0.2, 0) is 0 Å². The fraction of sp³-hybridized carbons (Fsp3) is 1.00. The molecule has 1 atom stereocenters. The topological polar surface area (TPSA) is 3.24 Å². The number of halogens is 1. The van der Waals surface area contributed by atoms with Crippen molar-refractivity contribution in [2.75, 3.05) is 13.1 Å². The van der Waals surface area contributed by atoms with Gasteiger partial charge in [0.25, 0.3) is 0 Å². The molecule has 1 rings (SSSR count). The maximum absolute atomic E-state index is 14.3. The predicted molar refractivity (Wildman–Crippen MR) is 54.6 cm³/mol. The van der Waals surface area contributed by atoms with Gasteiger partial charge in [0.2, 0.25) is 0 Å². The quantitative estimate of drug-likeness (QED) is 0.642. The van der Waals surface area contributed by atoms with Crippen LogP contribution < -0.4 is 0 Å². The fourth-order valence-electron chi connectivity index (χ4n) is 1.98. The monoisotopic (exact) mass is 187 g/mol. The second-order valence-electron chi connectivity index (χ2n) is 4.86. The Morgan fingerprint density at radius 2 is 1.85 bits per heavy atom. The molecular weight excluding hydrogens is 165 g/mol. The number of rotatable bonds is 2. The van der Waals surface area contributed by atoms with Gasteiger partial charge in [0.05, 0.1) is 0 Å². The lowest BCUT2D eigenvalue weighted by Gasteiger charge is -2.41. The van der Waals surface area contributed by atoms with Crippen molar-refractivity contribution < 1.29 is 4.39 Å². The summed E-state index contributed by atoms with van der Waals surface area (Å²) in [6, 6.07) is 0.481. The van der Waals surface area contributed by atoms with Gasteiger partial charge in [-0.3, -0.25) is 4.90 Å².